The van der Waals surface area contributed by atoms with Crippen LogP contribution < -0.4 is 4.74 Å². The Labute approximate surface area is 129 Å². The topological polar surface area (TPSA) is 130 Å². The number of aromatic hydroxyl groups is 3. The summed E-state index contributed by atoms with van der Waals surface area (Å²) in [6.45, 7) is 0. The maximum atomic E-state index is 12.2. The molecular weight excluding hydrogens is 306 g/mol. The van der Waals surface area contributed by atoms with Gasteiger partial charge in [-0.2, -0.15) is 0 Å². The van der Waals surface area contributed by atoms with Crippen molar-refractivity contribution in [2.45, 2.75) is 12.5 Å². The van der Waals surface area contributed by atoms with Gasteiger partial charge < -0.3 is 20.1 Å². The number of rotatable bonds is 2. The summed E-state index contributed by atoms with van der Waals surface area (Å²) in [4.78, 5) is 22.3. The molecule has 8 nitrogen and oxygen atoms in total. The highest BCUT2D eigenvalue weighted by molar-refractivity contribution is 6.02. The third-order valence-corrected chi connectivity index (χ3v) is 3.55. The number of phenolic OH excluding ortho intramolecular Hbond substituents is 3. The molecule has 0 bridgehead atoms. The SMILES string of the molecule is O=C1CC(c2ccc(O)c([N+](=O)[O-])c2)Oc2cc(O)cc(O)c21. The lowest BCUT2D eigenvalue weighted by Gasteiger charge is -2.26. The van der Waals surface area contributed by atoms with Gasteiger partial charge in [0.2, 0.25) is 0 Å². The molecule has 0 amide bonds. The molecule has 1 heterocycles. The van der Waals surface area contributed by atoms with E-state index in [9.17, 15) is 30.2 Å². The van der Waals surface area contributed by atoms with Crippen LogP contribution in [0, 0.1) is 10.1 Å². The van der Waals surface area contributed by atoms with Crippen molar-refractivity contribution in [3.05, 3.63) is 51.6 Å². The first-order valence-corrected chi connectivity index (χ1v) is 6.60. The summed E-state index contributed by atoms with van der Waals surface area (Å²) >= 11 is 0. The minimum atomic E-state index is -0.824. The summed E-state index contributed by atoms with van der Waals surface area (Å²) in [5.74, 6) is -1.56. The van der Waals surface area contributed by atoms with E-state index in [1.165, 1.54) is 12.1 Å². The Morgan fingerprint density at radius 2 is 1.87 bits per heavy atom. The van der Waals surface area contributed by atoms with Crippen molar-refractivity contribution in [1.29, 1.82) is 0 Å². The largest absolute Gasteiger partial charge is 0.508 e. The smallest absolute Gasteiger partial charge is 0.311 e. The number of hydrogen-bond donors (Lipinski definition) is 3. The summed E-state index contributed by atoms with van der Waals surface area (Å²) in [7, 11) is 0. The summed E-state index contributed by atoms with van der Waals surface area (Å²) in [6, 6.07) is 5.91. The molecule has 2 aromatic rings. The van der Waals surface area contributed by atoms with Crippen molar-refractivity contribution >= 4 is 11.5 Å². The zero-order chi connectivity index (χ0) is 16.7. The quantitative estimate of drug-likeness (QED) is 0.572. The summed E-state index contributed by atoms with van der Waals surface area (Å²) < 4.78 is 5.58. The predicted octanol–water partition coefficient (Wildman–Crippen LogP) is 2.42. The van der Waals surface area contributed by atoms with Gasteiger partial charge in [0.1, 0.15) is 28.9 Å². The lowest BCUT2D eigenvalue weighted by Crippen LogP contribution is -2.20. The third kappa shape index (κ3) is 2.50. The van der Waals surface area contributed by atoms with Gasteiger partial charge in [-0.1, -0.05) is 6.07 Å². The van der Waals surface area contributed by atoms with Crippen molar-refractivity contribution in [3.8, 4) is 23.0 Å². The number of nitrogens with zero attached hydrogens (tertiary/aromatic N) is 1. The zero-order valence-corrected chi connectivity index (χ0v) is 11.6. The van der Waals surface area contributed by atoms with Crippen LogP contribution in [0.25, 0.3) is 0 Å². The second-order valence-corrected chi connectivity index (χ2v) is 5.08. The number of nitro groups is 1. The molecule has 0 spiro atoms. The Balaban J connectivity index is 2.02. The van der Waals surface area contributed by atoms with E-state index in [-0.39, 0.29) is 29.2 Å². The highest BCUT2D eigenvalue weighted by Crippen LogP contribution is 2.42. The molecule has 1 unspecified atom stereocenters. The van der Waals surface area contributed by atoms with Crippen LogP contribution in [-0.2, 0) is 0 Å². The number of hydrogen-bond acceptors (Lipinski definition) is 7. The normalized spacial score (nSPS) is 16.5. The van der Waals surface area contributed by atoms with Crippen LogP contribution in [0.2, 0.25) is 0 Å². The van der Waals surface area contributed by atoms with E-state index in [1.54, 1.807) is 0 Å². The number of nitro benzene ring substituents is 1. The first-order valence-electron chi connectivity index (χ1n) is 6.60. The minimum Gasteiger partial charge on any atom is -0.508 e. The molecule has 2 aromatic carbocycles. The Morgan fingerprint density at radius 1 is 1.13 bits per heavy atom. The Kier molecular flexibility index (Phi) is 3.29. The van der Waals surface area contributed by atoms with Gasteiger partial charge in [0.05, 0.1) is 11.3 Å². The standard InChI is InChI=1S/C15H11NO7/c17-8-4-11(19)15-12(20)6-13(23-14(15)5-8)7-1-2-10(18)9(3-7)16(21)22/h1-5,13,17-19H,6H2. The number of fused-ring (bicyclic) bond motifs is 1. The van der Waals surface area contributed by atoms with Gasteiger partial charge in [-0.25, -0.2) is 0 Å². The molecule has 1 atom stereocenters. The Bertz CT molecular complexity index is 831. The van der Waals surface area contributed by atoms with E-state index in [1.807, 2.05) is 0 Å². The van der Waals surface area contributed by atoms with Gasteiger partial charge in [-0.05, 0) is 11.6 Å². The summed E-state index contributed by atoms with van der Waals surface area (Å²) in [6.07, 6.45) is -0.955. The average Bonchev–Trinajstić information content (AvgIpc) is 2.46. The molecule has 118 valence electrons. The summed E-state index contributed by atoms with van der Waals surface area (Å²) in [5.41, 5.74) is -0.202. The highest BCUT2D eigenvalue weighted by Gasteiger charge is 2.31. The molecule has 1 aliphatic rings. The number of ketones is 1. The van der Waals surface area contributed by atoms with Crippen LogP contribution in [0.15, 0.2) is 30.3 Å². The number of carbonyl (C=O) groups is 1. The molecule has 0 radical (unpaired) electrons. The van der Waals surface area contributed by atoms with Gasteiger partial charge in [0.25, 0.3) is 0 Å². The molecule has 23 heavy (non-hydrogen) atoms. The van der Waals surface area contributed by atoms with Gasteiger partial charge in [0.15, 0.2) is 11.5 Å². The molecule has 0 saturated heterocycles. The van der Waals surface area contributed by atoms with Crippen LogP contribution in [0.3, 0.4) is 0 Å². The molecular formula is C15H11NO7. The van der Waals surface area contributed by atoms with Gasteiger partial charge in [-0.15, -0.1) is 0 Å². The van der Waals surface area contributed by atoms with Gasteiger partial charge >= 0.3 is 5.69 Å². The number of phenols is 3. The van der Waals surface area contributed by atoms with Crippen LogP contribution in [0.4, 0.5) is 5.69 Å². The van der Waals surface area contributed by atoms with Gasteiger partial charge in [-0.3, -0.25) is 14.9 Å². The molecule has 0 aromatic heterocycles. The molecule has 8 heteroatoms. The lowest BCUT2D eigenvalue weighted by atomic mass is 9.95. The van der Waals surface area contributed by atoms with E-state index < -0.39 is 28.2 Å². The fourth-order valence-corrected chi connectivity index (χ4v) is 2.50. The number of benzene rings is 2. The van der Waals surface area contributed by atoms with E-state index >= 15 is 0 Å². The lowest BCUT2D eigenvalue weighted by molar-refractivity contribution is -0.386. The molecule has 1 aliphatic heterocycles. The van der Waals surface area contributed by atoms with Crippen LogP contribution in [0.1, 0.15) is 28.4 Å². The average molecular weight is 317 g/mol. The molecule has 3 N–H and O–H groups in total. The first kappa shape index (κ1) is 14.6. The maximum Gasteiger partial charge on any atom is 0.311 e. The number of carbonyl (C=O) groups excluding carboxylic acids is 1. The Hall–Kier alpha value is -3.29. The van der Waals surface area contributed by atoms with Crippen molar-refractivity contribution in [2.24, 2.45) is 0 Å². The number of Topliss-reactive ketones (excluding diaryl/α,β-unsaturated/α-hetero) is 1. The minimum absolute atomic E-state index is 0.000483. The zero-order valence-electron chi connectivity index (χ0n) is 11.6. The van der Waals surface area contributed by atoms with E-state index in [0.717, 1.165) is 18.2 Å². The predicted molar refractivity (Wildman–Crippen MR) is 76.8 cm³/mol. The molecule has 0 fully saturated rings. The third-order valence-electron chi connectivity index (χ3n) is 3.55. The maximum absolute atomic E-state index is 12.2. The fraction of sp³-hybridized carbons (Fsp3) is 0.133. The van der Waals surface area contributed by atoms with E-state index in [4.69, 9.17) is 4.74 Å². The van der Waals surface area contributed by atoms with Gasteiger partial charge in [0, 0.05) is 18.2 Å². The second-order valence-electron chi connectivity index (χ2n) is 5.08. The van der Waals surface area contributed by atoms with Crippen molar-refractivity contribution in [2.75, 3.05) is 0 Å². The number of ether oxygens (including phenoxy) is 1. The summed E-state index contributed by atoms with van der Waals surface area (Å²) in [5, 5.41) is 39.6. The molecule has 3 rings (SSSR count). The Morgan fingerprint density at radius 3 is 2.57 bits per heavy atom. The van der Waals surface area contributed by atoms with Crippen LogP contribution >= 0.6 is 0 Å². The van der Waals surface area contributed by atoms with Crippen molar-refractivity contribution in [3.63, 3.8) is 0 Å². The van der Waals surface area contributed by atoms with Crippen LogP contribution in [-0.4, -0.2) is 26.0 Å². The van der Waals surface area contributed by atoms with E-state index in [0.29, 0.717) is 5.56 Å². The van der Waals surface area contributed by atoms with Crippen LogP contribution in [0.5, 0.6) is 23.0 Å². The molecule has 0 saturated carbocycles. The van der Waals surface area contributed by atoms with Crippen molar-refractivity contribution < 1.29 is 29.8 Å². The monoisotopic (exact) mass is 317 g/mol. The first-order chi connectivity index (χ1) is 10.9. The highest BCUT2D eigenvalue weighted by atomic mass is 16.6. The van der Waals surface area contributed by atoms with E-state index in [2.05, 4.69) is 0 Å². The second kappa shape index (κ2) is 5.16. The molecule has 0 aliphatic carbocycles. The van der Waals surface area contributed by atoms with Crippen molar-refractivity contribution in [1.82, 2.24) is 0 Å². The fourth-order valence-electron chi connectivity index (χ4n) is 2.50.